The summed E-state index contributed by atoms with van der Waals surface area (Å²) < 4.78 is 0. The number of carbonyl (C=O) groups excluding carboxylic acids is 1. The zero-order valence-corrected chi connectivity index (χ0v) is 12.9. The van der Waals surface area contributed by atoms with Gasteiger partial charge in [-0.05, 0) is 48.9 Å². The molecule has 1 aromatic carbocycles. The number of nitrogens with zero attached hydrogens (tertiary/aromatic N) is 1. The number of hydrogen-bond donors (Lipinski definition) is 2. The Bertz CT molecular complexity index is 474. The summed E-state index contributed by atoms with van der Waals surface area (Å²) >= 11 is 0. The van der Waals surface area contributed by atoms with Gasteiger partial charge in [-0.1, -0.05) is 25.8 Å². The van der Waals surface area contributed by atoms with Gasteiger partial charge in [-0.2, -0.15) is 0 Å². The number of aliphatic hydroxyl groups excluding tert-OH is 1. The van der Waals surface area contributed by atoms with Crippen LogP contribution in [0.15, 0.2) is 18.2 Å². The molecule has 0 saturated carbocycles. The molecular weight excluding hydrogens is 264 g/mol. The van der Waals surface area contributed by atoms with Gasteiger partial charge in [-0.3, -0.25) is 0 Å². The van der Waals surface area contributed by atoms with Crippen LogP contribution in [0.2, 0.25) is 0 Å². The van der Waals surface area contributed by atoms with Crippen molar-refractivity contribution in [3.05, 3.63) is 29.3 Å². The summed E-state index contributed by atoms with van der Waals surface area (Å²) in [5.41, 5.74) is 3.62. The Morgan fingerprint density at radius 3 is 2.81 bits per heavy atom. The van der Waals surface area contributed by atoms with Crippen molar-refractivity contribution in [2.75, 3.05) is 25.0 Å². The molecule has 1 aromatic rings. The Kier molecular flexibility index (Phi) is 6.05. The number of aryl methyl sites for hydroxylation is 2. The molecule has 2 amide bonds. The maximum Gasteiger partial charge on any atom is 0.321 e. The van der Waals surface area contributed by atoms with E-state index in [9.17, 15) is 4.79 Å². The van der Waals surface area contributed by atoms with Gasteiger partial charge in [0.1, 0.15) is 0 Å². The third-order valence-electron chi connectivity index (χ3n) is 4.04. The van der Waals surface area contributed by atoms with E-state index in [1.54, 1.807) is 4.90 Å². The third-order valence-corrected chi connectivity index (χ3v) is 4.04. The molecular formula is C17H26N2O2. The first-order valence-corrected chi connectivity index (χ1v) is 8.03. The van der Waals surface area contributed by atoms with Crippen LogP contribution in [-0.2, 0) is 12.8 Å². The van der Waals surface area contributed by atoms with Crippen LogP contribution < -0.4 is 5.32 Å². The van der Waals surface area contributed by atoms with Gasteiger partial charge in [-0.15, -0.1) is 0 Å². The fourth-order valence-electron chi connectivity index (χ4n) is 2.84. The lowest BCUT2D eigenvalue weighted by atomic mass is 10.1. The topological polar surface area (TPSA) is 52.6 Å². The molecule has 2 rings (SSSR count). The minimum atomic E-state index is -0.113. The average Bonchev–Trinajstić information content (AvgIpc) is 2.94. The first-order valence-electron chi connectivity index (χ1n) is 8.03. The van der Waals surface area contributed by atoms with Crippen LogP contribution in [0.1, 0.15) is 43.7 Å². The number of hydrogen-bond acceptors (Lipinski definition) is 2. The molecule has 0 aromatic heterocycles. The van der Waals surface area contributed by atoms with E-state index in [0.29, 0.717) is 13.1 Å². The van der Waals surface area contributed by atoms with Crippen LogP contribution in [0.25, 0.3) is 0 Å². The fourth-order valence-corrected chi connectivity index (χ4v) is 2.84. The van der Waals surface area contributed by atoms with E-state index in [2.05, 4.69) is 24.4 Å². The Hall–Kier alpha value is -1.55. The molecule has 0 atom stereocenters. The first-order chi connectivity index (χ1) is 10.2. The number of aliphatic hydroxyl groups is 1. The van der Waals surface area contributed by atoms with Gasteiger partial charge in [0, 0.05) is 18.8 Å². The SMILES string of the molecule is CCCCCN(CCO)C(=O)Nc1ccc2c(c1)CCC2. The summed E-state index contributed by atoms with van der Waals surface area (Å²) in [7, 11) is 0. The monoisotopic (exact) mass is 290 g/mol. The molecule has 1 aliphatic rings. The van der Waals surface area contributed by atoms with Gasteiger partial charge in [0.2, 0.25) is 0 Å². The second-order valence-electron chi connectivity index (χ2n) is 5.68. The van der Waals surface area contributed by atoms with E-state index in [1.807, 2.05) is 6.07 Å². The number of anilines is 1. The maximum atomic E-state index is 12.3. The van der Waals surface area contributed by atoms with E-state index in [-0.39, 0.29) is 12.6 Å². The highest BCUT2D eigenvalue weighted by atomic mass is 16.3. The van der Waals surface area contributed by atoms with E-state index in [0.717, 1.165) is 37.8 Å². The number of amides is 2. The summed E-state index contributed by atoms with van der Waals surface area (Å²) in [6.45, 7) is 3.23. The van der Waals surface area contributed by atoms with Gasteiger partial charge in [0.15, 0.2) is 0 Å². The van der Waals surface area contributed by atoms with Crippen LogP contribution in [0.3, 0.4) is 0 Å². The number of nitrogens with one attached hydrogen (secondary N) is 1. The quantitative estimate of drug-likeness (QED) is 0.758. The predicted octanol–water partition coefficient (Wildman–Crippen LogP) is 3.19. The largest absolute Gasteiger partial charge is 0.395 e. The summed E-state index contributed by atoms with van der Waals surface area (Å²) in [4.78, 5) is 14.0. The van der Waals surface area contributed by atoms with Gasteiger partial charge in [0.05, 0.1) is 6.61 Å². The number of rotatable bonds is 7. The van der Waals surface area contributed by atoms with E-state index in [1.165, 1.54) is 17.5 Å². The molecule has 21 heavy (non-hydrogen) atoms. The van der Waals surface area contributed by atoms with Crippen LogP contribution in [0.5, 0.6) is 0 Å². The molecule has 1 aliphatic carbocycles. The highest BCUT2D eigenvalue weighted by molar-refractivity contribution is 5.89. The molecule has 0 unspecified atom stereocenters. The molecule has 4 heteroatoms. The fraction of sp³-hybridized carbons (Fsp3) is 0.588. The molecule has 4 nitrogen and oxygen atoms in total. The molecule has 116 valence electrons. The molecule has 0 heterocycles. The zero-order chi connectivity index (χ0) is 15.1. The van der Waals surface area contributed by atoms with Crippen molar-refractivity contribution in [2.45, 2.75) is 45.4 Å². The van der Waals surface area contributed by atoms with Gasteiger partial charge in [-0.25, -0.2) is 4.79 Å². The molecule has 0 spiro atoms. The number of benzene rings is 1. The lowest BCUT2D eigenvalue weighted by molar-refractivity contribution is 0.187. The lowest BCUT2D eigenvalue weighted by Gasteiger charge is -2.22. The highest BCUT2D eigenvalue weighted by Gasteiger charge is 2.15. The van der Waals surface area contributed by atoms with Gasteiger partial charge >= 0.3 is 6.03 Å². The van der Waals surface area contributed by atoms with Crippen LogP contribution >= 0.6 is 0 Å². The van der Waals surface area contributed by atoms with E-state index < -0.39 is 0 Å². The van der Waals surface area contributed by atoms with Crippen molar-refractivity contribution in [3.8, 4) is 0 Å². The Morgan fingerprint density at radius 1 is 1.24 bits per heavy atom. The van der Waals surface area contributed by atoms with Crippen LogP contribution in [0.4, 0.5) is 10.5 Å². The van der Waals surface area contributed by atoms with Crippen molar-refractivity contribution >= 4 is 11.7 Å². The average molecular weight is 290 g/mol. The van der Waals surface area contributed by atoms with Crippen molar-refractivity contribution in [3.63, 3.8) is 0 Å². The Balaban J connectivity index is 1.94. The highest BCUT2D eigenvalue weighted by Crippen LogP contribution is 2.25. The number of urea groups is 1. The van der Waals surface area contributed by atoms with Crippen LogP contribution in [-0.4, -0.2) is 35.7 Å². The summed E-state index contributed by atoms with van der Waals surface area (Å²) in [6, 6.07) is 6.07. The maximum absolute atomic E-state index is 12.3. The third kappa shape index (κ3) is 4.46. The molecule has 2 N–H and O–H groups in total. The second-order valence-corrected chi connectivity index (χ2v) is 5.68. The smallest absolute Gasteiger partial charge is 0.321 e. The molecule has 0 aliphatic heterocycles. The zero-order valence-electron chi connectivity index (χ0n) is 12.9. The molecule has 0 fully saturated rings. The Morgan fingerprint density at radius 2 is 2.05 bits per heavy atom. The summed E-state index contributed by atoms with van der Waals surface area (Å²) in [6.07, 6.45) is 6.68. The molecule has 0 saturated heterocycles. The Labute approximate surface area is 127 Å². The first kappa shape index (κ1) is 15.8. The van der Waals surface area contributed by atoms with E-state index in [4.69, 9.17) is 5.11 Å². The number of fused-ring (bicyclic) bond motifs is 1. The minimum absolute atomic E-state index is 0.00370. The second kappa shape index (κ2) is 8.03. The lowest BCUT2D eigenvalue weighted by Crippen LogP contribution is -2.37. The van der Waals surface area contributed by atoms with Crippen molar-refractivity contribution in [2.24, 2.45) is 0 Å². The van der Waals surface area contributed by atoms with Gasteiger partial charge in [0.25, 0.3) is 0 Å². The normalized spacial score (nSPS) is 13.0. The summed E-state index contributed by atoms with van der Waals surface area (Å²) in [5.74, 6) is 0. The summed E-state index contributed by atoms with van der Waals surface area (Å²) in [5, 5.41) is 12.1. The standard InChI is InChI=1S/C17H26N2O2/c1-2-3-4-10-19(11-12-20)17(21)18-16-9-8-14-6-5-7-15(14)13-16/h8-9,13,20H,2-7,10-12H2,1H3,(H,18,21). The predicted molar refractivity (Wildman–Crippen MR) is 85.7 cm³/mol. The molecule has 0 bridgehead atoms. The van der Waals surface area contributed by atoms with Crippen molar-refractivity contribution in [1.82, 2.24) is 4.90 Å². The van der Waals surface area contributed by atoms with E-state index >= 15 is 0 Å². The van der Waals surface area contributed by atoms with Gasteiger partial charge < -0.3 is 15.3 Å². The number of carbonyl (C=O) groups is 1. The molecule has 0 radical (unpaired) electrons. The van der Waals surface area contributed by atoms with Crippen LogP contribution in [0, 0.1) is 0 Å². The van der Waals surface area contributed by atoms with Crippen molar-refractivity contribution in [1.29, 1.82) is 0 Å². The van der Waals surface area contributed by atoms with Crippen molar-refractivity contribution < 1.29 is 9.90 Å². The number of unbranched alkanes of at least 4 members (excludes halogenated alkanes) is 2. The minimum Gasteiger partial charge on any atom is -0.395 e.